The van der Waals surface area contributed by atoms with Gasteiger partial charge < -0.3 is 0 Å². The molecule has 1 heteroatoms. The van der Waals surface area contributed by atoms with Crippen LogP contribution in [0.2, 0.25) is 6.04 Å². The molecular formula is C11H12Si. The van der Waals surface area contributed by atoms with E-state index in [-0.39, 0.29) is 0 Å². The number of benzene rings is 1. The SMILES string of the molecule is C=CC[Si]c1ccccc1C=C. The van der Waals surface area contributed by atoms with E-state index >= 15 is 0 Å². The molecule has 0 saturated carbocycles. The summed E-state index contributed by atoms with van der Waals surface area (Å²) in [6.45, 7) is 7.49. The predicted octanol–water partition coefficient (Wildman–Crippen LogP) is 2.26. The molecule has 0 amide bonds. The molecular weight excluding hydrogens is 160 g/mol. The van der Waals surface area contributed by atoms with E-state index in [0.29, 0.717) is 0 Å². The Kier molecular flexibility index (Phi) is 3.55. The van der Waals surface area contributed by atoms with Crippen molar-refractivity contribution in [2.45, 2.75) is 6.04 Å². The molecule has 0 heterocycles. The van der Waals surface area contributed by atoms with E-state index in [9.17, 15) is 0 Å². The van der Waals surface area contributed by atoms with Gasteiger partial charge in [0.2, 0.25) is 0 Å². The zero-order valence-electron chi connectivity index (χ0n) is 7.09. The van der Waals surface area contributed by atoms with E-state index in [1.807, 2.05) is 18.2 Å². The Morgan fingerprint density at radius 1 is 1.25 bits per heavy atom. The van der Waals surface area contributed by atoms with Crippen LogP contribution in [0.5, 0.6) is 0 Å². The molecule has 0 nitrogen and oxygen atoms in total. The first-order chi connectivity index (χ1) is 5.88. The third kappa shape index (κ3) is 2.21. The van der Waals surface area contributed by atoms with Gasteiger partial charge in [-0.25, -0.2) is 0 Å². The fraction of sp³-hybridized carbons (Fsp3) is 0.0909. The molecule has 0 unspecified atom stereocenters. The fourth-order valence-corrected chi connectivity index (χ4v) is 1.99. The van der Waals surface area contributed by atoms with Crippen LogP contribution in [0.15, 0.2) is 43.5 Å². The van der Waals surface area contributed by atoms with Crippen LogP contribution in [0.4, 0.5) is 0 Å². The summed E-state index contributed by atoms with van der Waals surface area (Å²) in [7, 11) is 0.821. The maximum Gasteiger partial charge on any atom is 0.0857 e. The molecule has 1 aromatic rings. The van der Waals surface area contributed by atoms with Crippen molar-refractivity contribution < 1.29 is 0 Å². The Bertz CT molecular complexity index is 276. The lowest BCUT2D eigenvalue weighted by Crippen LogP contribution is -2.15. The normalized spacial score (nSPS) is 9.33. The molecule has 0 saturated heterocycles. The van der Waals surface area contributed by atoms with Gasteiger partial charge in [-0.3, -0.25) is 0 Å². The number of rotatable bonds is 4. The Hall–Kier alpha value is -1.08. The summed E-state index contributed by atoms with van der Waals surface area (Å²) in [6, 6.07) is 9.42. The molecule has 0 fully saturated rings. The molecule has 0 spiro atoms. The van der Waals surface area contributed by atoms with Gasteiger partial charge in [-0.15, -0.1) is 6.58 Å². The topological polar surface area (TPSA) is 0 Å². The van der Waals surface area contributed by atoms with E-state index < -0.39 is 0 Å². The van der Waals surface area contributed by atoms with Crippen LogP contribution in [-0.2, 0) is 0 Å². The summed E-state index contributed by atoms with van der Waals surface area (Å²) in [4.78, 5) is 0. The molecule has 0 atom stereocenters. The molecule has 1 rings (SSSR count). The molecule has 2 radical (unpaired) electrons. The molecule has 0 aliphatic rings. The van der Waals surface area contributed by atoms with E-state index in [2.05, 4.69) is 31.4 Å². The smallest absolute Gasteiger partial charge is 0.0857 e. The Balaban J connectivity index is 2.81. The highest BCUT2D eigenvalue weighted by Gasteiger charge is 1.96. The van der Waals surface area contributed by atoms with E-state index in [1.54, 1.807) is 0 Å². The Morgan fingerprint density at radius 2 is 2.00 bits per heavy atom. The van der Waals surface area contributed by atoms with Gasteiger partial charge in [0.15, 0.2) is 0 Å². The van der Waals surface area contributed by atoms with Gasteiger partial charge in [0.1, 0.15) is 0 Å². The second-order valence-corrected chi connectivity index (χ2v) is 3.76. The van der Waals surface area contributed by atoms with Gasteiger partial charge in [-0.05, 0) is 11.6 Å². The van der Waals surface area contributed by atoms with Crippen LogP contribution >= 0.6 is 0 Å². The molecule has 1 aromatic carbocycles. The maximum absolute atomic E-state index is 3.78. The van der Waals surface area contributed by atoms with Crippen LogP contribution < -0.4 is 5.19 Å². The van der Waals surface area contributed by atoms with Gasteiger partial charge in [0.05, 0.1) is 9.52 Å². The third-order valence-corrected chi connectivity index (χ3v) is 2.95. The van der Waals surface area contributed by atoms with E-state index in [4.69, 9.17) is 0 Å². The minimum absolute atomic E-state index is 0.821. The van der Waals surface area contributed by atoms with Crippen molar-refractivity contribution in [3.63, 3.8) is 0 Å². The largest absolute Gasteiger partial charge is 0.103 e. The highest BCUT2D eigenvalue weighted by atomic mass is 28.2. The van der Waals surface area contributed by atoms with E-state index in [0.717, 1.165) is 15.6 Å². The molecule has 12 heavy (non-hydrogen) atoms. The lowest BCUT2D eigenvalue weighted by Gasteiger charge is -2.01. The first-order valence-corrected chi connectivity index (χ1v) is 5.15. The van der Waals surface area contributed by atoms with Gasteiger partial charge in [-0.1, -0.05) is 48.2 Å². The molecule has 0 aromatic heterocycles. The average Bonchev–Trinajstić information content (AvgIpc) is 2.15. The highest BCUT2D eigenvalue weighted by molar-refractivity contribution is 6.54. The van der Waals surface area contributed by atoms with Crippen molar-refractivity contribution in [2.75, 3.05) is 0 Å². The van der Waals surface area contributed by atoms with Gasteiger partial charge >= 0.3 is 0 Å². The van der Waals surface area contributed by atoms with Crippen molar-refractivity contribution in [1.29, 1.82) is 0 Å². The van der Waals surface area contributed by atoms with Crippen LogP contribution in [0.1, 0.15) is 5.56 Å². The average molecular weight is 172 g/mol. The summed E-state index contributed by atoms with van der Waals surface area (Å²) < 4.78 is 0. The first kappa shape index (κ1) is 9.01. The highest BCUT2D eigenvalue weighted by Crippen LogP contribution is 1.97. The predicted molar refractivity (Wildman–Crippen MR) is 56.9 cm³/mol. The van der Waals surface area contributed by atoms with Crippen molar-refractivity contribution in [3.05, 3.63) is 49.1 Å². The third-order valence-electron chi connectivity index (χ3n) is 1.62. The van der Waals surface area contributed by atoms with Crippen molar-refractivity contribution in [2.24, 2.45) is 0 Å². The minimum Gasteiger partial charge on any atom is -0.103 e. The van der Waals surface area contributed by atoms with Crippen LogP contribution in [0, 0.1) is 0 Å². The minimum atomic E-state index is 0.821. The summed E-state index contributed by atoms with van der Waals surface area (Å²) >= 11 is 0. The zero-order chi connectivity index (χ0) is 8.81. The van der Waals surface area contributed by atoms with Gasteiger partial charge in [-0.2, -0.15) is 0 Å². The zero-order valence-corrected chi connectivity index (χ0v) is 8.09. The Labute approximate surface area is 76.5 Å². The molecule has 0 aliphatic carbocycles. The molecule has 60 valence electrons. The fourth-order valence-electron chi connectivity index (χ4n) is 1.02. The van der Waals surface area contributed by atoms with Crippen molar-refractivity contribution in [3.8, 4) is 0 Å². The molecule has 0 bridgehead atoms. The summed E-state index contributed by atoms with van der Waals surface area (Å²) in [5.74, 6) is 0. The summed E-state index contributed by atoms with van der Waals surface area (Å²) in [5.41, 5.74) is 1.25. The van der Waals surface area contributed by atoms with Crippen LogP contribution in [0.3, 0.4) is 0 Å². The van der Waals surface area contributed by atoms with Crippen molar-refractivity contribution in [1.82, 2.24) is 0 Å². The standard InChI is InChI=1S/C11H12Si/c1-3-9-12-11-8-6-5-7-10(11)4-2/h3-8H,1-2,9H2. The maximum atomic E-state index is 3.78. The number of allylic oxidation sites excluding steroid dienone is 1. The second-order valence-electron chi connectivity index (χ2n) is 2.46. The second kappa shape index (κ2) is 4.73. The van der Waals surface area contributed by atoms with Gasteiger partial charge in [0.25, 0.3) is 0 Å². The monoisotopic (exact) mass is 172 g/mol. The van der Waals surface area contributed by atoms with Crippen LogP contribution in [0.25, 0.3) is 6.08 Å². The lowest BCUT2D eigenvalue weighted by molar-refractivity contribution is 1.67. The number of hydrogen-bond donors (Lipinski definition) is 0. The van der Waals surface area contributed by atoms with E-state index in [1.165, 1.54) is 10.8 Å². The lowest BCUT2D eigenvalue weighted by atomic mass is 10.2. The molecule has 0 N–H and O–H groups in total. The first-order valence-electron chi connectivity index (χ1n) is 3.94. The van der Waals surface area contributed by atoms with Crippen molar-refractivity contribution >= 4 is 20.8 Å². The summed E-state index contributed by atoms with van der Waals surface area (Å²) in [5, 5.41) is 1.38. The van der Waals surface area contributed by atoms with Gasteiger partial charge in [0, 0.05) is 0 Å². The quantitative estimate of drug-likeness (QED) is 0.483. The Morgan fingerprint density at radius 3 is 2.67 bits per heavy atom. The van der Waals surface area contributed by atoms with Crippen LogP contribution in [-0.4, -0.2) is 9.52 Å². The number of hydrogen-bond acceptors (Lipinski definition) is 0. The summed E-state index contributed by atoms with van der Waals surface area (Å²) in [6.07, 6.45) is 3.86. The molecule has 0 aliphatic heterocycles.